The monoisotopic (exact) mass is 370 g/mol. The lowest BCUT2D eigenvalue weighted by Crippen LogP contribution is -2.41. The van der Waals surface area contributed by atoms with Gasteiger partial charge in [-0.1, -0.05) is 13.0 Å². The van der Waals surface area contributed by atoms with Crippen LogP contribution in [0.1, 0.15) is 35.3 Å². The molecule has 142 valence electrons. The first-order chi connectivity index (χ1) is 13.0. The molecule has 0 bridgehead atoms. The maximum Gasteiger partial charge on any atom is 0.491 e. The van der Waals surface area contributed by atoms with Gasteiger partial charge in [0.15, 0.2) is 5.82 Å². The number of benzene rings is 1. The second-order valence-electron chi connectivity index (χ2n) is 7.16. The lowest BCUT2D eigenvalue weighted by molar-refractivity contribution is 0.0238. The van der Waals surface area contributed by atoms with Crippen LogP contribution in [-0.4, -0.2) is 47.7 Å². The van der Waals surface area contributed by atoms with E-state index in [1.807, 2.05) is 18.2 Å². The van der Waals surface area contributed by atoms with Crippen LogP contribution in [0.15, 0.2) is 24.4 Å². The highest BCUT2D eigenvalue weighted by atomic mass is 16.5. The highest BCUT2D eigenvalue weighted by Crippen LogP contribution is 2.28. The van der Waals surface area contributed by atoms with E-state index < -0.39 is 13.0 Å². The number of hydrogen-bond donors (Lipinski definition) is 3. The first kappa shape index (κ1) is 18.0. The molecule has 0 saturated carbocycles. The summed E-state index contributed by atoms with van der Waals surface area (Å²) in [5.41, 5.74) is 8.36. The fourth-order valence-electron chi connectivity index (χ4n) is 3.64. The van der Waals surface area contributed by atoms with E-state index in [4.69, 9.17) is 15.1 Å². The number of nitrogens with zero attached hydrogens (tertiary/aromatic N) is 2. The Morgan fingerprint density at radius 2 is 2.30 bits per heavy atom. The van der Waals surface area contributed by atoms with Crippen LogP contribution in [-0.2, 0) is 15.8 Å². The molecule has 0 radical (unpaired) electrons. The standard InChI is InChI=1S/C18H23BN4O4/c1-11-4-6-26-10-16(11)23-9-14(17(20)24)18(22-23)21-13-3-2-12-5-7-27-19(25)15(12)8-13/h2-3,8-9,11,16,25H,4-7,10H2,1H3,(H2,20,24)(H,21,22)/t11-,16-/m0/s1. The van der Waals surface area contributed by atoms with Gasteiger partial charge < -0.3 is 25.5 Å². The summed E-state index contributed by atoms with van der Waals surface area (Å²) in [6.45, 7) is 3.95. The number of amides is 1. The molecule has 0 unspecified atom stereocenters. The van der Waals surface area contributed by atoms with E-state index in [0.717, 1.165) is 30.5 Å². The van der Waals surface area contributed by atoms with Crippen molar-refractivity contribution < 1.29 is 19.2 Å². The van der Waals surface area contributed by atoms with Gasteiger partial charge in [-0.05, 0) is 41.9 Å². The highest BCUT2D eigenvalue weighted by Gasteiger charge is 2.28. The van der Waals surface area contributed by atoms with Crippen molar-refractivity contribution in [2.45, 2.75) is 25.8 Å². The molecule has 27 heavy (non-hydrogen) atoms. The Balaban J connectivity index is 1.63. The van der Waals surface area contributed by atoms with Crippen LogP contribution in [0.4, 0.5) is 11.5 Å². The van der Waals surface area contributed by atoms with E-state index >= 15 is 0 Å². The summed E-state index contributed by atoms with van der Waals surface area (Å²) < 4.78 is 12.6. The second kappa shape index (κ2) is 7.34. The van der Waals surface area contributed by atoms with Crippen molar-refractivity contribution in [2.24, 2.45) is 11.7 Å². The molecule has 4 rings (SSSR count). The van der Waals surface area contributed by atoms with E-state index in [9.17, 15) is 9.82 Å². The van der Waals surface area contributed by atoms with Crippen molar-refractivity contribution in [1.29, 1.82) is 0 Å². The van der Waals surface area contributed by atoms with E-state index in [1.54, 1.807) is 10.9 Å². The summed E-state index contributed by atoms with van der Waals surface area (Å²) in [6, 6.07) is 5.72. The molecule has 9 heteroatoms. The molecule has 2 aliphatic rings. The van der Waals surface area contributed by atoms with Crippen LogP contribution in [0.25, 0.3) is 0 Å². The minimum Gasteiger partial charge on any atom is -0.423 e. The Kier molecular flexibility index (Phi) is 4.90. The largest absolute Gasteiger partial charge is 0.491 e. The average Bonchev–Trinajstić information content (AvgIpc) is 3.07. The highest BCUT2D eigenvalue weighted by molar-refractivity contribution is 6.61. The Bertz CT molecular complexity index is 856. The first-order valence-corrected chi connectivity index (χ1v) is 9.19. The molecule has 2 atom stereocenters. The first-order valence-electron chi connectivity index (χ1n) is 9.19. The summed E-state index contributed by atoms with van der Waals surface area (Å²) in [7, 11) is -0.941. The number of anilines is 2. The van der Waals surface area contributed by atoms with Gasteiger partial charge in [0.1, 0.15) is 5.56 Å². The molecule has 4 N–H and O–H groups in total. The van der Waals surface area contributed by atoms with Gasteiger partial charge in [0.2, 0.25) is 0 Å². The second-order valence-corrected chi connectivity index (χ2v) is 7.16. The fourth-order valence-corrected chi connectivity index (χ4v) is 3.64. The Labute approximate surface area is 157 Å². The van der Waals surface area contributed by atoms with E-state index in [0.29, 0.717) is 36.2 Å². The number of hydrogen-bond acceptors (Lipinski definition) is 6. The summed E-state index contributed by atoms with van der Waals surface area (Å²) >= 11 is 0. The zero-order valence-corrected chi connectivity index (χ0v) is 15.2. The summed E-state index contributed by atoms with van der Waals surface area (Å²) in [6.07, 6.45) is 3.38. The van der Waals surface area contributed by atoms with E-state index in [1.165, 1.54) is 0 Å². The quantitative estimate of drug-likeness (QED) is 0.679. The molecule has 1 fully saturated rings. The Morgan fingerprint density at radius 3 is 3.07 bits per heavy atom. The van der Waals surface area contributed by atoms with Gasteiger partial charge in [0.05, 0.1) is 12.6 Å². The van der Waals surface area contributed by atoms with Crippen LogP contribution < -0.4 is 16.5 Å². The molecule has 1 aromatic carbocycles. The van der Waals surface area contributed by atoms with E-state index in [2.05, 4.69) is 17.3 Å². The summed E-state index contributed by atoms with van der Waals surface area (Å²) in [5, 5.41) is 17.8. The topological polar surface area (TPSA) is 112 Å². The fraction of sp³-hybridized carbons (Fsp3) is 0.444. The molecule has 3 heterocycles. The third-order valence-electron chi connectivity index (χ3n) is 5.32. The number of carbonyl (C=O) groups is 1. The zero-order valence-electron chi connectivity index (χ0n) is 15.2. The van der Waals surface area contributed by atoms with Gasteiger partial charge in [0, 0.05) is 25.1 Å². The third kappa shape index (κ3) is 3.58. The van der Waals surface area contributed by atoms with Gasteiger partial charge in [-0.25, -0.2) is 0 Å². The predicted octanol–water partition coefficient (Wildman–Crippen LogP) is 0.583. The van der Waals surface area contributed by atoms with Gasteiger partial charge in [-0.15, -0.1) is 0 Å². The number of ether oxygens (including phenoxy) is 1. The van der Waals surface area contributed by atoms with Crippen LogP contribution in [0, 0.1) is 5.92 Å². The molecular formula is C18H23BN4O4. The number of fused-ring (bicyclic) bond motifs is 1. The number of primary amides is 1. The minimum atomic E-state index is -0.941. The lowest BCUT2D eigenvalue weighted by atomic mass is 9.73. The number of nitrogens with two attached hydrogens (primary N) is 1. The maximum absolute atomic E-state index is 11.9. The number of carbonyl (C=O) groups excluding carboxylic acids is 1. The molecule has 1 aromatic heterocycles. The van der Waals surface area contributed by atoms with Gasteiger partial charge >= 0.3 is 7.12 Å². The van der Waals surface area contributed by atoms with Crippen molar-refractivity contribution in [3.63, 3.8) is 0 Å². The number of nitrogens with one attached hydrogen (secondary N) is 1. The van der Waals surface area contributed by atoms with E-state index in [-0.39, 0.29) is 6.04 Å². The zero-order chi connectivity index (χ0) is 19.0. The number of aromatic nitrogens is 2. The Hall–Kier alpha value is -2.36. The third-order valence-corrected chi connectivity index (χ3v) is 5.32. The Morgan fingerprint density at radius 1 is 1.44 bits per heavy atom. The molecule has 0 spiro atoms. The average molecular weight is 370 g/mol. The van der Waals surface area contributed by atoms with Gasteiger partial charge in [-0.2, -0.15) is 5.10 Å². The molecular weight excluding hydrogens is 347 g/mol. The predicted molar refractivity (Wildman–Crippen MR) is 101 cm³/mol. The van der Waals surface area contributed by atoms with Crippen LogP contribution in [0.3, 0.4) is 0 Å². The molecule has 1 amide bonds. The van der Waals surface area contributed by atoms with Crippen molar-refractivity contribution >= 4 is 30.0 Å². The molecule has 0 aliphatic carbocycles. The SMILES string of the molecule is C[C@H]1CCOC[C@@H]1n1cc(C(N)=O)c(Nc2ccc3c(c2)B(O)OCC3)n1. The van der Waals surface area contributed by atoms with Crippen LogP contribution >= 0.6 is 0 Å². The molecule has 1 saturated heterocycles. The summed E-state index contributed by atoms with van der Waals surface area (Å²) in [5.74, 6) is 0.240. The smallest absolute Gasteiger partial charge is 0.423 e. The van der Waals surface area contributed by atoms with Gasteiger partial charge in [-0.3, -0.25) is 9.48 Å². The lowest BCUT2D eigenvalue weighted by Gasteiger charge is -2.28. The van der Waals surface area contributed by atoms with Crippen LogP contribution in [0.2, 0.25) is 0 Å². The minimum absolute atomic E-state index is 0.0613. The van der Waals surface area contributed by atoms with Gasteiger partial charge in [0.25, 0.3) is 5.91 Å². The molecule has 2 aromatic rings. The van der Waals surface area contributed by atoms with Crippen molar-refractivity contribution in [2.75, 3.05) is 25.1 Å². The molecule has 2 aliphatic heterocycles. The normalized spacial score (nSPS) is 22.4. The number of rotatable bonds is 4. The van der Waals surface area contributed by atoms with Crippen molar-refractivity contribution in [3.8, 4) is 0 Å². The van der Waals surface area contributed by atoms with Crippen molar-refractivity contribution in [3.05, 3.63) is 35.5 Å². The van der Waals surface area contributed by atoms with Crippen molar-refractivity contribution in [1.82, 2.24) is 9.78 Å². The van der Waals surface area contributed by atoms with Crippen LogP contribution in [0.5, 0.6) is 0 Å². The summed E-state index contributed by atoms with van der Waals surface area (Å²) in [4.78, 5) is 11.9. The maximum atomic E-state index is 11.9. The molecule has 8 nitrogen and oxygen atoms in total.